The van der Waals surface area contributed by atoms with E-state index in [-0.39, 0.29) is 11.4 Å². The van der Waals surface area contributed by atoms with Crippen molar-refractivity contribution < 1.29 is 4.79 Å². The van der Waals surface area contributed by atoms with Crippen LogP contribution >= 0.6 is 0 Å². The van der Waals surface area contributed by atoms with Gasteiger partial charge in [0.2, 0.25) is 0 Å². The molecule has 0 aliphatic rings. The number of hydrogen-bond acceptors (Lipinski definition) is 4. The van der Waals surface area contributed by atoms with Crippen LogP contribution in [0, 0.1) is 4.91 Å². The molecule has 0 aliphatic heterocycles. The maximum atomic E-state index is 10.1. The van der Waals surface area contributed by atoms with Gasteiger partial charge in [0.05, 0.1) is 6.20 Å². The molecule has 52 valence electrons. The van der Waals surface area contributed by atoms with Crippen LogP contribution in [0.2, 0.25) is 0 Å². The summed E-state index contributed by atoms with van der Waals surface area (Å²) in [6.45, 7) is 0. The van der Waals surface area contributed by atoms with Gasteiger partial charge in [0.25, 0.3) is 0 Å². The molecule has 1 rings (SSSR count). The quantitative estimate of drug-likeness (QED) is 0.446. The smallest absolute Gasteiger partial charge is 0.172 e. The first-order valence-corrected chi connectivity index (χ1v) is 2.60. The second-order valence-electron chi connectivity index (χ2n) is 1.78. The highest BCUT2D eigenvalue weighted by Gasteiger charge is 2.04. The molecule has 0 N–H and O–H groups in total. The lowest BCUT2D eigenvalue weighted by molar-refractivity contribution is 0.111. The van der Waals surface area contributed by atoms with Gasteiger partial charge in [-0.3, -0.25) is 9.48 Å². The first kappa shape index (κ1) is 6.60. The van der Waals surface area contributed by atoms with E-state index in [0.717, 1.165) is 0 Å². The molecule has 1 heterocycles. The van der Waals surface area contributed by atoms with Crippen molar-refractivity contribution in [2.24, 2.45) is 12.2 Å². The second kappa shape index (κ2) is 2.38. The van der Waals surface area contributed by atoms with Gasteiger partial charge in [-0.25, -0.2) is 0 Å². The third-order valence-corrected chi connectivity index (χ3v) is 1.05. The number of nitrogens with zero attached hydrogens (tertiary/aromatic N) is 3. The molecule has 0 amide bonds. The molecule has 0 fully saturated rings. The molecule has 0 radical (unpaired) electrons. The molecule has 0 saturated carbocycles. The molecule has 0 saturated heterocycles. The molecule has 5 nitrogen and oxygen atoms in total. The summed E-state index contributed by atoms with van der Waals surface area (Å²) in [7, 11) is 1.61. The third-order valence-electron chi connectivity index (χ3n) is 1.05. The highest BCUT2D eigenvalue weighted by atomic mass is 16.3. The number of carbonyl (C=O) groups is 1. The number of hydrogen-bond donors (Lipinski definition) is 0. The number of aldehydes is 1. The number of nitroso groups, excluding NO2 is 1. The predicted molar refractivity (Wildman–Crippen MR) is 34.1 cm³/mol. The summed E-state index contributed by atoms with van der Waals surface area (Å²) in [5.74, 6) is 0. The highest BCUT2D eigenvalue weighted by molar-refractivity contribution is 5.79. The first-order chi connectivity index (χ1) is 4.77. The number of aryl methyl sites for hydroxylation is 1. The van der Waals surface area contributed by atoms with E-state index in [1.807, 2.05) is 0 Å². The topological polar surface area (TPSA) is 64.3 Å². The Balaban J connectivity index is 3.20. The van der Waals surface area contributed by atoms with Crippen LogP contribution < -0.4 is 0 Å². The first-order valence-electron chi connectivity index (χ1n) is 2.60. The monoisotopic (exact) mass is 139 g/mol. The molecular formula is C5H5N3O2. The predicted octanol–water partition coefficient (Wildman–Crippen LogP) is 0.630. The summed E-state index contributed by atoms with van der Waals surface area (Å²) < 4.78 is 1.36. The lowest BCUT2D eigenvalue weighted by atomic mass is 10.4. The van der Waals surface area contributed by atoms with Gasteiger partial charge < -0.3 is 0 Å². The molecule has 0 aromatic carbocycles. The third kappa shape index (κ3) is 0.928. The van der Waals surface area contributed by atoms with Crippen LogP contribution in [-0.2, 0) is 7.05 Å². The Morgan fingerprint density at radius 1 is 1.80 bits per heavy atom. The van der Waals surface area contributed by atoms with Crippen molar-refractivity contribution in [2.45, 2.75) is 0 Å². The summed E-state index contributed by atoms with van der Waals surface area (Å²) in [4.78, 5) is 20.1. The van der Waals surface area contributed by atoms with Crippen molar-refractivity contribution in [1.82, 2.24) is 9.78 Å². The largest absolute Gasteiger partial charge is 0.296 e. The zero-order valence-electron chi connectivity index (χ0n) is 5.31. The minimum Gasteiger partial charge on any atom is -0.296 e. The normalized spacial score (nSPS) is 9.30. The molecular weight excluding hydrogens is 134 g/mol. The van der Waals surface area contributed by atoms with Crippen molar-refractivity contribution in [3.8, 4) is 0 Å². The summed E-state index contributed by atoms with van der Waals surface area (Å²) in [6.07, 6.45) is 1.88. The van der Waals surface area contributed by atoms with Crippen molar-refractivity contribution in [3.63, 3.8) is 0 Å². The van der Waals surface area contributed by atoms with Gasteiger partial charge in [-0.05, 0) is 5.18 Å². The van der Waals surface area contributed by atoms with Crippen LogP contribution in [0.3, 0.4) is 0 Å². The molecule has 0 bridgehead atoms. The summed E-state index contributed by atoms with van der Waals surface area (Å²) in [6, 6.07) is 0. The van der Waals surface area contributed by atoms with Crippen LogP contribution in [-0.4, -0.2) is 16.1 Å². The molecule has 0 atom stereocenters. The zero-order valence-corrected chi connectivity index (χ0v) is 5.31. The van der Waals surface area contributed by atoms with Gasteiger partial charge in [0.15, 0.2) is 17.7 Å². The molecule has 0 spiro atoms. The fourth-order valence-corrected chi connectivity index (χ4v) is 0.647. The number of carbonyl (C=O) groups excluding carboxylic acids is 1. The van der Waals surface area contributed by atoms with Crippen molar-refractivity contribution in [3.05, 3.63) is 16.8 Å². The van der Waals surface area contributed by atoms with Crippen molar-refractivity contribution >= 4 is 12.0 Å². The van der Waals surface area contributed by atoms with E-state index < -0.39 is 0 Å². The molecule has 0 aliphatic carbocycles. The SMILES string of the molecule is Cn1cc(N=O)c(C=O)n1. The van der Waals surface area contributed by atoms with E-state index in [1.54, 1.807) is 7.05 Å². The Labute approximate surface area is 56.6 Å². The lowest BCUT2D eigenvalue weighted by Crippen LogP contribution is -1.88. The van der Waals surface area contributed by atoms with E-state index in [4.69, 9.17) is 0 Å². The van der Waals surface area contributed by atoms with E-state index in [0.29, 0.717) is 6.29 Å². The Morgan fingerprint density at radius 2 is 2.50 bits per heavy atom. The van der Waals surface area contributed by atoms with E-state index in [2.05, 4.69) is 10.3 Å². The molecule has 1 aromatic rings. The Kier molecular flexibility index (Phi) is 1.57. The highest BCUT2D eigenvalue weighted by Crippen LogP contribution is 2.13. The van der Waals surface area contributed by atoms with Gasteiger partial charge in [-0.15, -0.1) is 4.91 Å². The summed E-state index contributed by atoms with van der Waals surface area (Å²) >= 11 is 0. The molecule has 10 heavy (non-hydrogen) atoms. The van der Waals surface area contributed by atoms with Crippen LogP contribution in [0.25, 0.3) is 0 Å². The fourth-order valence-electron chi connectivity index (χ4n) is 0.647. The average Bonchev–Trinajstić information content (AvgIpc) is 2.30. The number of aromatic nitrogens is 2. The van der Waals surface area contributed by atoms with Crippen LogP contribution in [0.5, 0.6) is 0 Å². The van der Waals surface area contributed by atoms with Gasteiger partial charge >= 0.3 is 0 Å². The van der Waals surface area contributed by atoms with E-state index in [9.17, 15) is 9.70 Å². The number of rotatable bonds is 2. The molecule has 0 unspecified atom stereocenters. The van der Waals surface area contributed by atoms with Gasteiger partial charge in [0.1, 0.15) is 0 Å². The van der Waals surface area contributed by atoms with E-state index >= 15 is 0 Å². The maximum Gasteiger partial charge on any atom is 0.172 e. The minimum absolute atomic E-state index is 0.0810. The van der Waals surface area contributed by atoms with Gasteiger partial charge in [-0.2, -0.15) is 5.10 Å². The standard InChI is InChI=1S/C5H5N3O2/c1-8-2-4(7-10)5(3-9)6-8/h2-3H,1H3. The lowest BCUT2D eigenvalue weighted by Gasteiger charge is -1.78. The van der Waals surface area contributed by atoms with Crippen molar-refractivity contribution in [1.29, 1.82) is 0 Å². The molecule has 5 heteroatoms. The van der Waals surface area contributed by atoms with Gasteiger partial charge in [0, 0.05) is 7.05 Å². The maximum absolute atomic E-state index is 10.1. The van der Waals surface area contributed by atoms with Crippen molar-refractivity contribution in [2.75, 3.05) is 0 Å². The van der Waals surface area contributed by atoms with Crippen LogP contribution in [0.1, 0.15) is 10.5 Å². The zero-order chi connectivity index (χ0) is 7.56. The Morgan fingerprint density at radius 3 is 2.90 bits per heavy atom. The molecule has 1 aromatic heterocycles. The Bertz CT molecular complexity index is 240. The Hall–Kier alpha value is -1.52. The van der Waals surface area contributed by atoms with Gasteiger partial charge in [-0.1, -0.05) is 0 Å². The fraction of sp³-hybridized carbons (Fsp3) is 0.200. The summed E-state index contributed by atoms with van der Waals surface area (Å²) in [5, 5.41) is 6.25. The minimum atomic E-state index is 0.0810. The van der Waals surface area contributed by atoms with Crippen LogP contribution in [0.15, 0.2) is 11.4 Å². The van der Waals surface area contributed by atoms with Crippen LogP contribution in [0.4, 0.5) is 5.69 Å². The second-order valence-corrected chi connectivity index (χ2v) is 1.78. The average molecular weight is 139 g/mol. The van der Waals surface area contributed by atoms with E-state index in [1.165, 1.54) is 10.9 Å². The summed E-state index contributed by atoms with van der Waals surface area (Å²) in [5.41, 5.74) is 0.162.